The Hall–Kier alpha value is -1.71. The van der Waals surface area contributed by atoms with E-state index in [1.165, 1.54) is 19.3 Å². The highest BCUT2D eigenvalue weighted by molar-refractivity contribution is 5.94. The van der Waals surface area contributed by atoms with Gasteiger partial charge < -0.3 is 15.8 Å². The first-order valence-electron chi connectivity index (χ1n) is 5.45. The fourth-order valence-corrected chi connectivity index (χ4v) is 1.75. The topological polar surface area (TPSA) is 64.3 Å². The van der Waals surface area contributed by atoms with Crippen molar-refractivity contribution in [3.8, 4) is 5.75 Å². The second-order valence-corrected chi connectivity index (χ2v) is 4.05. The van der Waals surface area contributed by atoms with E-state index in [1.54, 1.807) is 25.3 Å². The van der Waals surface area contributed by atoms with Crippen LogP contribution in [0.25, 0.3) is 0 Å². The first-order chi connectivity index (χ1) is 7.70. The van der Waals surface area contributed by atoms with Crippen molar-refractivity contribution < 1.29 is 9.53 Å². The Bertz CT molecular complexity index is 400. The van der Waals surface area contributed by atoms with Crippen molar-refractivity contribution in [2.75, 3.05) is 12.4 Å². The smallest absolute Gasteiger partial charge is 0.248 e. The molecule has 0 atom stereocenters. The number of nitrogens with one attached hydrogen (secondary N) is 1. The Balaban J connectivity index is 2.23. The van der Waals surface area contributed by atoms with Crippen molar-refractivity contribution in [3.63, 3.8) is 0 Å². The monoisotopic (exact) mass is 220 g/mol. The van der Waals surface area contributed by atoms with E-state index in [9.17, 15) is 4.79 Å². The molecule has 0 unspecified atom stereocenters. The van der Waals surface area contributed by atoms with Crippen LogP contribution in [0.4, 0.5) is 5.69 Å². The number of methoxy groups -OCH3 is 1. The molecule has 86 valence electrons. The van der Waals surface area contributed by atoms with Gasteiger partial charge in [0.25, 0.3) is 0 Å². The van der Waals surface area contributed by atoms with Gasteiger partial charge in [0.1, 0.15) is 5.75 Å². The summed E-state index contributed by atoms with van der Waals surface area (Å²) >= 11 is 0. The van der Waals surface area contributed by atoms with Crippen LogP contribution in [0, 0.1) is 0 Å². The lowest BCUT2D eigenvalue weighted by Crippen LogP contribution is -2.27. The summed E-state index contributed by atoms with van der Waals surface area (Å²) in [6.45, 7) is 0. The molecule has 1 saturated carbocycles. The van der Waals surface area contributed by atoms with Gasteiger partial charge in [0.2, 0.25) is 5.91 Å². The molecular weight excluding hydrogens is 204 g/mol. The van der Waals surface area contributed by atoms with E-state index >= 15 is 0 Å². The summed E-state index contributed by atoms with van der Waals surface area (Å²) in [7, 11) is 1.62. The van der Waals surface area contributed by atoms with Gasteiger partial charge >= 0.3 is 0 Å². The number of rotatable bonds is 4. The molecule has 1 aromatic carbocycles. The number of anilines is 1. The lowest BCUT2D eigenvalue weighted by atomic mass is 9.93. The number of carbonyl (C=O) groups excluding carboxylic acids is 1. The number of hydrogen-bond donors (Lipinski definition) is 2. The van der Waals surface area contributed by atoms with Crippen molar-refractivity contribution in [2.24, 2.45) is 5.73 Å². The number of primary amides is 1. The molecule has 0 saturated heterocycles. The van der Waals surface area contributed by atoms with E-state index in [-0.39, 0.29) is 0 Å². The van der Waals surface area contributed by atoms with Gasteiger partial charge in [-0.1, -0.05) is 0 Å². The van der Waals surface area contributed by atoms with Gasteiger partial charge in [0, 0.05) is 11.6 Å². The number of carbonyl (C=O) groups is 1. The molecule has 3 N–H and O–H groups in total. The lowest BCUT2D eigenvalue weighted by molar-refractivity contribution is 0.100. The molecule has 0 radical (unpaired) electrons. The second-order valence-electron chi connectivity index (χ2n) is 4.05. The van der Waals surface area contributed by atoms with Crippen molar-refractivity contribution in [2.45, 2.75) is 25.3 Å². The third-order valence-corrected chi connectivity index (χ3v) is 2.95. The van der Waals surface area contributed by atoms with Crippen LogP contribution in [0.2, 0.25) is 0 Å². The van der Waals surface area contributed by atoms with Crippen LogP contribution >= 0.6 is 0 Å². The molecule has 0 heterocycles. The average molecular weight is 220 g/mol. The Morgan fingerprint density at radius 1 is 1.50 bits per heavy atom. The van der Waals surface area contributed by atoms with E-state index in [2.05, 4.69) is 5.32 Å². The van der Waals surface area contributed by atoms with E-state index in [0.29, 0.717) is 11.6 Å². The third kappa shape index (κ3) is 2.10. The minimum Gasteiger partial charge on any atom is -0.495 e. The third-order valence-electron chi connectivity index (χ3n) is 2.95. The first kappa shape index (κ1) is 10.8. The molecule has 0 bridgehead atoms. The Morgan fingerprint density at radius 3 is 2.75 bits per heavy atom. The van der Waals surface area contributed by atoms with Crippen LogP contribution in [0.1, 0.15) is 29.6 Å². The summed E-state index contributed by atoms with van der Waals surface area (Å²) in [6, 6.07) is 5.69. The molecule has 1 fully saturated rings. The maximum Gasteiger partial charge on any atom is 0.248 e. The zero-order chi connectivity index (χ0) is 11.5. The predicted molar refractivity (Wildman–Crippen MR) is 62.8 cm³/mol. The molecule has 0 aromatic heterocycles. The molecule has 4 nitrogen and oxygen atoms in total. The Labute approximate surface area is 94.8 Å². The molecule has 1 amide bonds. The quantitative estimate of drug-likeness (QED) is 0.812. The van der Waals surface area contributed by atoms with Crippen molar-refractivity contribution in [3.05, 3.63) is 23.8 Å². The largest absolute Gasteiger partial charge is 0.495 e. The molecule has 0 spiro atoms. The van der Waals surface area contributed by atoms with E-state index < -0.39 is 5.91 Å². The average Bonchev–Trinajstić information content (AvgIpc) is 2.23. The van der Waals surface area contributed by atoms with Crippen LogP contribution in [0.15, 0.2) is 18.2 Å². The lowest BCUT2D eigenvalue weighted by Gasteiger charge is -2.28. The molecule has 1 aromatic rings. The molecule has 1 aliphatic rings. The zero-order valence-corrected chi connectivity index (χ0v) is 9.32. The van der Waals surface area contributed by atoms with Crippen LogP contribution in [0.3, 0.4) is 0 Å². The molecule has 1 aliphatic carbocycles. The highest BCUT2D eigenvalue weighted by Crippen LogP contribution is 2.30. The van der Waals surface area contributed by atoms with E-state index in [4.69, 9.17) is 10.5 Å². The summed E-state index contributed by atoms with van der Waals surface area (Å²) in [5.41, 5.74) is 6.60. The summed E-state index contributed by atoms with van der Waals surface area (Å²) in [6.07, 6.45) is 3.60. The summed E-state index contributed by atoms with van der Waals surface area (Å²) in [5, 5.41) is 3.36. The molecule has 16 heavy (non-hydrogen) atoms. The minimum absolute atomic E-state index is 0.417. The van der Waals surface area contributed by atoms with Crippen molar-refractivity contribution in [1.82, 2.24) is 0 Å². The van der Waals surface area contributed by atoms with E-state index in [0.717, 1.165) is 11.4 Å². The van der Waals surface area contributed by atoms with E-state index in [1.807, 2.05) is 0 Å². The standard InChI is InChI=1S/C12H16N2O2/c1-16-11-6-5-8(12(13)15)7-10(11)14-9-3-2-4-9/h5-7,9,14H,2-4H2,1H3,(H2,13,15). The number of ether oxygens (including phenoxy) is 1. The van der Waals surface area contributed by atoms with Crippen LogP contribution < -0.4 is 15.8 Å². The normalized spacial score (nSPS) is 15.3. The fourth-order valence-electron chi connectivity index (χ4n) is 1.75. The summed E-state index contributed by atoms with van der Waals surface area (Å²) < 4.78 is 5.23. The number of amides is 1. The maximum absolute atomic E-state index is 11.1. The van der Waals surface area contributed by atoms with Gasteiger partial charge in [-0.15, -0.1) is 0 Å². The van der Waals surface area contributed by atoms with Gasteiger partial charge in [-0.25, -0.2) is 0 Å². The molecule has 2 rings (SSSR count). The second kappa shape index (κ2) is 4.43. The van der Waals surface area contributed by atoms with Gasteiger partial charge in [0.15, 0.2) is 0 Å². The zero-order valence-electron chi connectivity index (χ0n) is 9.32. The van der Waals surface area contributed by atoms with Crippen molar-refractivity contribution >= 4 is 11.6 Å². The molecule has 0 aliphatic heterocycles. The van der Waals surface area contributed by atoms with Gasteiger partial charge in [-0.05, 0) is 37.5 Å². The Morgan fingerprint density at radius 2 is 2.25 bits per heavy atom. The van der Waals surface area contributed by atoms with Crippen molar-refractivity contribution in [1.29, 1.82) is 0 Å². The number of hydrogen-bond acceptors (Lipinski definition) is 3. The molecular formula is C12H16N2O2. The van der Waals surface area contributed by atoms with Crippen LogP contribution in [-0.4, -0.2) is 19.1 Å². The highest BCUT2D eigenvalue weighted by Gasteiger charge is 2.19. The van der Waals surface area contributed by atoms with Gasteiger partial charge in [-0.2, -0.15) is 0 Å². The first-order valence-corrected chi connectivity index (χ1v) is 5.45. The summed E-state index contributed by atoms with van der Waals surface area (Å²) in [4.78, 5) is 11.1. The van der Waals surface area contributed by atoms with Crippen LogP contribution in [-0.2, 0) is 0 Å². The summed E-state index contributed by atoms with van der Waals surface area (Å²) in [5.74, 6) is 0.330. The predicted octanol–water partition coefficient (Wildman–Crippen LogP) is 1.76. The molecule has 4 heteroatoms. The highest BCUT2D eigenvalue weighted by atomic mass is 16.5. The Kier molecular flexibility index (Phi) is 2.99. The van der Waals surface area contributed by atoms with Crippen LogP contribution in [0.5, 0.6) is 5.75 Å². The number of nitrogens with two attached hydrogens (primary N) is 1. The minimum atomic E-state index is -0.417. The van der Waals surface area contributed by atoms with Gasteiger partial charge in [0.05, 0.1) is 12.8 Å². The SMILES string of the molecule is COc1ccc(C(N)=O)cc1NC1CCC1. The number of benzene rings is 1. The fraction of sp³-hybridized carbons (Fsp3) is 0.417. The maximum atomic E-state index is 11.1. The van der Waals surface area contributed by atoms with Gasteiger partial charge in [-0.3, -0.25) is 4.79 Å².